The smallest absolute Gasteiger partial charge is 0.240 e. The molecule has 0 unspecified atom stereocenters. The summed E-state index contributed by atoms with van der Waals surface area (Å²) in [6.07, 6.45) is 1.46. The normalized spacial score (nSPS) is 12.4. The SMILES string of the molecule is O=C=Nc1cc2c(cc1C(=O)c1ccccc1)OCCO2. The van der Waals surface area contributed by atoms with Crippen LogP contribution in [0.25, 0.3) is 0 Å². The lowest BCUT2D eigenvalue weighted by atomic mass is 10.0. The summed E-state index contributed by atoms with van der Waals surface area (Å²) in [5, 5.41) is 0. The van der Waals surface area contributed by atoms with Crippen molar-refractivity contribution < 1.29 is 19.1 Å². The van der Waals surface area contributed by atoms with Gasteiger partial charge in [0.15, 0.2) is 17.3 Å². The number of hydrogen-bond acceptors (Lipinski definition) is 5. The molecular formula is C16H11NO4. The summed E-state index contributed by atoms with van der Waals surface area (Å²) in [7, 11) is 0. The highest BCUT2D eigenvalue weighted by Gasteiger charge is 2.20. The zero-order chi connectivity index (χ0) is 14.7. The first-order valence-corrected chi connectivity index (χ1v) is 6.41. The van der Waals surface area contributed by atoms with Crippen LogP contribution in [0.2, 0.25) is 0 Å². The Morgan fingerprint density at radius 1 is 1.05 bits per heavy atom. The van der Waals surface area contributed by atoms with Crippen LogP contribution in [0.1, 0.15) is 15.9 Å². The Labute approximate surface area is 120 Å². The van der Waals surface area contributed by atoms with Gasteiger partial charge in [-0.1, -0.05) is 30.3 Å². The van der Waals surface area contributed by atoms with Gasteiger partial charge in [0.1, 0.15) is 13.2 Å². The molecule has 1 aliphatic rings. The third kappa shape index (κ3) is 2.55. The number of carbonyl (C=O) groups excluding carboxylic acids is 2. The predicted octanol–water partition coefficient (Wildman–Crippen LogP) is 2.66. The van der Waals surface area contributed by atoms with Crippen molar-refractivity contribution in [2.75, 3.05) is 13.2 Å². The van der Waals surface area contributed by atoms with Gasteiger partial charge >= 0.3 is 0 Å². The van der Waals surface area contributed by atoms with E-state index in [0.717, 1.165) is 0 Å². The first-order chi connectivity index (χ1) is 10.3. The van der Waals surface area contributed by atoms with Crippen LogP contribution >= 0.6 is 0 Å². The molecule has 0 aliphatic carbocycles. The molecule has 3 rings (SSSR count). The molecule has 21 heavy (non-hydrogen) atoms. The van der Waals surface area contributed by atoms with E-state index in [1.165, 1.54) is 12.1 Å². The summed E-state index contributed by atoms with van der Waals surface area (Å²) >= 11 is 0. The van der Waals surface area contributed by atoms with Crippen molar-refractivity contribution >= 4 is 17.6 Å². The molecule has 0 fully saturated rings. The molecular weight excluding hydrogens is 270 g/mol. The Morgan fingerprint density at radius 2 is 1.71 bits per heavy atom. The van der Waals surface area contributed by atoms with Gasteiger partial charge in [0.05, 0.1) is 11.3 Å². The van der Waals surface area contributed by atoms with Gasteiger partial charge in [-0.2, -0.15) is 4.99 Å². The fourth-order valence-electron chi connectivity index (χ4n) is 2.15. The van der Waals surface area contributed by atoms with Gasteiger partial charge in [0.25, 0.3) is 0 Å². The second kappa shape index (κ2) is 5.61. The van der Waals surface area contributed by atoms with Crippen LogP contribution in [-0.2, 0) is 4.79 Å². The lowest BCUT2D eigenvalue weighted by Gasteiger charge is -2.19. The zero-order valence-electron chi connectivity index (χ0n) is 11.0. The van der Waals surface area contributed by atoms with Crippen molar-refractivity contribution in [3.63, 3.8) is 0 Å². The average molecular weight is 281 g/mol. The lowest BCUT2D eigenvalue weighted by molar-refractivity contribution is 0.103. The van der Waals surface area contributed by atoms with E-state index in [2.05, 4.69) is 4.99 Å². The minimum absolute atomic E-state index is 0.225. The molecule has 0 saturated heterocycles. The minimum Gasteiger partial charge on any atom is -0.486 e. The molecule has 0 saturated carbocycles. The van der Waals surface area contributed by atoms with E-state index in [1.807, 2.05) is 6.07 Å². The van der Waals surface area contributed by atoms with Crippen molar-refractivity contribution in [2.45, 2.75) is 0 Å². The van der Waals surface area contributed by atoms with Crippen molar-refractivity contribution in [3.05, 3.63) is 53.6 Å². The molecule has 1 heterocycles. The molecule has 5 heteroatoms. The summed E-state index contributed by atoms with van der Waals surface area (Å²) in [4.78, 5) is 26.7. The van der Waals surface area contributed by atoms with Crippen LogP contribution in [0, 0.1) is 0 Å². The third-order valence-corrected chi connectivity index (χ3v) is 3.11. The maximum absolute atomic E-state index is 12.5. The van der Waals surface area contributed by atoms with Gasteiger partial charge in [-0.25, -0.2) is 4.79 Å². The lowest BCUT2D eigenvalue weighted by Crippen LogP contribution is -2.16. The number of aliphatic imine (C=N–C) groups is 1. The number of nitrogens with zero attached hydrogens (tertiary/aromatic N) is 1. The number of ketones is 1. The molecule has 2 aromatic rings. The number of benzene rings is 2. The summed E-state index contributed by atoms with van der Waals surface area (Å²) in [5.41, 5.74) is 1.02. The van der Waals surface area contributed by atoms with E-state index >= 15 is 0 Å². The van der Waals surface area contributed by atoms with Crippen LogP contribution in [0.3, 0.4) is 0 Å². The van der Waals surface area contributed by atoms with Gasteiger partial charge in [0.2, 0.25) is 6.08 Å². The van der Waals surface area contributed by atoms with Crippen molar-refractivity contribution in [1.82, 2.24) is 0 Å². The molecule has 0 amide bonds. The number of rotatable bonds is 3. The maximum atomic E-state index is 12.5. The second-order valence-corrected chi connectivity index (χ2v) is 4.41. The standard InChI is InChI=1S/C16H11NO4/c18-10-17-13-9-15-14(20-6-7-21-15)8-12(13)16(19)11-4-2-1-3-5-11/h1-5,8-9H,6-7H2. The summed E-state index contributed by atoms with van der Waals surface area (Å²) in [6, 6.07) is 11.9. The molecule has 0 aromatic heterocycles. The molecule has 0 spiro atoms. The Balaban J connectivity index is 2.12. The van der Waals surface area contributed by atoms with Crippen LogP contribution in [0.4, 0.5) is 5.69 Å². The Morgan fingerprint density at radius 3 is 2.38 bits per heavy atom. The van der Waals surface area contributed by atoms with Crippen LogP contribution in [0.5, 0.6) is 11.5 Å². The van der Waals surface area contributed by atoms with Gasteiger partial charge < -0.3 is 9.47 Å². The molecule has 5 nitrogen and oxygen atoms in total. The molecule has 0 radical (unpaired) electrons. The number of fused-ring (bicyclic) bond motifs is 1. The minimum atomic E-state index is -0.235. The van der Waals surface area contributed by atoms with Crippen molar-refractivity contribution in [2.24, 2.45) is 4.99 Å². The highest BCUT2D eigenvalue weighted by molar-refractivity contribution is 6.12. The first-order valence-electron chi connectivity index (χ1n) is 6.41. The summed E-state index contributed by atoms with van der Waals surface area (Å²) < 4.78 is 10.9. The fourth-order valence-corrected chi connectivity index (χ4v) is 2.15. The highest BCUT2D eigenvalue weighted by atomic mass is 16.6. The quantitative estimate of drug-likeness (QED) is 0.493. The van der Waals surface area contributed by atoms with Gasteiger partial charge in [0, 0.05) is 11.6 Å². The van der Waals surface area contributed by atoms with E-state index in [4.69, 9.17) is 9.47 Å². The predicted molar refractivity (Wildman–Crippen MR) is 75.1 cm³/mol. The molecule has 0 N–H and O–H groups in total. The first kappa shape index (κ1) is 13.1. The summed E-state index contributed by atoms with van der Waals surface area (Å²) in [6.45, 7) is 0.839. The Kier molecular flexibility index (Phi) is 3.50. The number of hydrogen-bond donors (Lipinski definition) is 0. The monoisotopic (exact) mass is 281 g/mol. The van der Waals surface area contributed by atoms with Crippen molar-refractivity contribution in [1.29, 1.82) is 0 Å². The molecule has 2 aromatic carbocycles. The van der Waals surface area contributed by atoms with Crippen LogP contribution < -0.4 is 9.47 Å². The average Bonchev–Trinajstić information content (AvgIpc) is 2.55. The molecule has 104 valence electrons. The molecule has 1 aliphatic heterocycles. The maximum Gasteiger partial charge on any atom is 0.240 e. The highest BCUT2D eigenvalue weighted by Crippen LogP contribution is 2.37. The van der Waals surface area contributed by atoms with E-state index in [-0.39, 0.29) is 17.0 Å². The van der Waals surface area contributed by atoms with Crippen LogP contribution in [0.15, 0.2) is 47.5 Å². The topological polar surface area (TPSA) is 65.0 Å². The van der Waals surface area contributed by atoms with E-state index in [0.29, 0.717) is 30.3 Å². The molecule has 0 bridgehead atoms. The van der Waals surface area contributed by atoms with E-state index in [9.17, 15) is 9.59 Å². The van der Waals surface area contributed by atoms with E-state index in [1.54, 1.807) is 30.3 Å². The Hall–Kier alpha value is -2.91. The van der Waals surface area contributed by atoms with Gasteiger partial charge in [-0.15, -0.1) is 0 Å². The molecule has 0 atom stereocenters. The van der Waals surface area contributed by atoms with Crippen LogP contribution in [-0.4, -0.2) is 25.1 Å². The Bertz CT molecular complexity index is 733. The fraction of sp³-hybridized carbons (Fsp3) is 0.125. The second-order valence-electron chi connectivity index (χ2n) is 4.41. The largest absolute Gasteiger partial charge is 0.486 e. The van der Waals surface area contributed by atoms with Crippen molar-refractivity contribution in [3.8, 4) is 11.5 Å². The van der Waals surface area contributed by atoms with E-state index < -0.39 is 0 Å². The number of carbonyl (C=O) groups is 1. The van der Waals surface area contributed by atoms with Gasteiger partial charge in [-0.05, 0) is 6.07 Å². The number of isocyanates is 1. The zero-order valence-corrected chi connectivity index (χ0v) is 11.0. The van der Waals surface area contributed by atoms with Gasteiger partial charge in [-0.3, -0.25) is 4.79 Å². The summed E-state index contributed by atoms with van der Waals surface area (Å²) in [5.74, 6) is 0.715. The third-order valence-electron chi connectivity index (χ3n) is 3.11. The number of ether oxygens (including phenoxy) is 2.